The SMILES string of the molecule is CCC1CCCC(O)(c2nc(Br)cs2)C1. The van der Waals surface area contributed by atoms with Gasteiger partial charge in [0.2, 0.25) is 0 Å². The van der Waals surface area contributed by atoms with E-state index in [2.05, 4.69) is 27.8 Å². The maximum atomic E-state index is 10.6. The van der Waals surface area contributed by atoms with Crippen molar-refractivity contribution < 1.29 is 5.11 Å². The Morgan fingerprint density at radius 3 is 3.13 bits per heavy atom. The highest BCUT2D eigenvalue weighted by Gasteiger charge is 2.37. The lowest BCUT2D eigenvalue weighted by atomic mass is 9.77. The van der Waals surface area contributed by atoms with Gasteiger partial charge in [-0.05, 0) is 41.1 Å². The highest BCUT2D eigenvalue weighted by atomic mass is 79.9. The van der Waals surface area contributed by atoms with Crippen LogP contribution < -0.4 is 0 Å². The van der Waals surface area contributed by atoms with Crippen LogP contribution in [-0.4, -0.2) is 10.1 Å². The number of hydrogen-bond acceptors (Lipinski definition) is 3. The number of rotatable bonds is 2. The standard InChI is InChI=1S/C11H16BrNOS/c1-2-8-4-3-5-11(14,6-8)10-13-9(12)7-15-10/h7-8,14H,2-6H2,1H3. The van der Waals surface area contributed by atoms with Crippen molar-refractivity contribution in [3.05, 3.63) is 15.0 Å². The van der Waals surface area contributed by atoms with Gasteiger partial charge in [-0.25, -0.2) is 4.98 Å². The highest BCUT2D eigenvalue weighted by Crippen LogP contribution is 2.42. The van der Waals surface area contributed by atoms with Gasteiger partial charge in [-0.1, -0.05) is 19.8 Å². The molecule has 2 unspecified atom stereocenters. The molecule has 0 bridgehead atoms. The molecule has 0 aliphatic heterocycles. The van der Waals surface area contributed by atoms with Gasteiger partial charge in [-0.3, -0.25) is 0 Å². The molecule has 1 fully saturated rings. The average molecular weight is 290 g/mol. The molecule has 0 radical (unpaired) electrons. The minimum atomic E-state index is -0.657. The summed E-state index contributed by atoms with van der Waals surface area (Å²) in [5.41, 5.74) is -0.657. The quantitative estimate of drug-likeness (QED) is 0.901. The summed E-state index contributed by atoms with van der Waals surface area (Å²) in [7, 11) is 0. The summed E-state index contributed by atoms with van der Waals surface area (Å²) in [5.74, 6) is 0.659. The lowest BCUT2D eigenvalue weighted by Crippen LogP contribution is -2.32. The normalized spacial score (nSPS) is 31.8. The molecule has 0 spiro atoms. The molecule has 1 aliphatic rings. The van der Waals surface area contributed by atoms with Crippen LogP contribution in [0.5, 0.6) is 0 Å². The van der Waals surface area contributed by atoms with Crippen molar-refractivity contribution in [2.75, 3.05) is 0 Å². The van der Waals surface area contributed by atoms with Crippen LogP contribution in [0.1, 0.15) is 44.0 Å². The molecule has 15 heavy (non-hydrogen) atoms. The maximum absolute atomic E-state index is 10.6. The average Bonchev–Trinajstić information content (AvgIpc) is 2.65. The van der Waals surface area contributed by atoms with Crippen LogP contribution in [-0.2, 0) is 5.60 Å². The number of halogens is 1. The summed E-state index contributed by atoms with van der Waals surface area (Å²) in [6.45, 7) is 2.20. The molecule has 84 valence electrons. The molecule has 1 heterocycles. The van der Waals surface area contributed by atoms with E-state index in [1.165, 1.54) is 6.42 Å². The van der Waals surface area contributed by atoms with Crippen molar-refractivity contribution >= 4 is 27.3 Å². The Morgan fingerprint density at radius 1 is 1.73 bits per heavy atom. The van der Waals surface area contributed by atoms with Gasteiger partial charge in [0.15, 0.2) is 0 Å². The lowest BCUT2D eigenvalue weighted by molar-refractivity contribution is -0.0219. The van der Waals surface area contributed by atoms with Crippen LogP contribution in [0.15, 0.2) is 9.98 Å². The van der Waals surface area contributed by atoms with E-state index in [-0.39, 0.29) is 0 Å². The number of hydrogen-bond donors (Lipinski definition) is 1. The van der Waals surface area contributed by atoms with Crippen molar-refractivity contribution in [1.29, 1.82) is 0 Å². The smallest absolute Gasteiger partial charge is 0.126 e. The molecule has 2 atom stereocenters. The van der Waals surface area contributed by atoms with E-state index in [1.807, 2.05) is 5.38 Å². The van der Waals surface area contributed by atoms with Gasteiger partial charge >= 0.3 is 0 Å². The summed E-state index contributed by atoms with van der Waals surface area (Å²) in [5, 5.41) is 13.4. The fourth-order valence-corrected chi connectivity index (χ4v) is 3.77. The molecule has 0 saturated heterocycles. The van der Waals surface area contributed by atoms with E-state index in [0.717, 1.165) is 35.3 Å². The van der Waals surface area contributed by atoms with Crippen LogP contribution in [0.2, 0.25) is 0 Å². The van der Waals surface area contributed by atoms with Crippen molar-refractivity contribution in [2.24, 2.45) is 5.92 Å². The number of aliphatic hydroxyl groups is 1. The summed E-state index contributed by atoms with van der Waals surface area (Å²) in [4.78, 5) is 4.36. The van der Waals surface area contributed by atoms with Crippen LogP contribution in [0.4, 0.5) is 0 Å². The molecule has 2 nitrogen and oxygen atoms in total. The van der Waals surface area contributed by atoms with Crippen molar-refractivity contribution in [3.8, 4) is 0 Å². The van der Waals surface area contributed by atoms with E-state index in [0.29, 0.717) is 5.92 Å². The third-order valence-electron chi connectivity index (χ3n) is 3.28. The fourth-order valence-electron chi connectivity index (χ4n) is 2.38. The molecule has 1 aliphatic carbocycles. The molecular weight excluding hydrogens is 274 g/mol. The fraction of sp³-hybridized carbons (Fsp3) is 0.727. The largest absolute Gasteiger partial charge is 0.383 e. The van der Waals surface area contributed by atoms with Crippen molar-refractivity contribution in [3.63, 3.8) is 0 Å². The summed E-state index contributed by atoms with van der Waals surface area (Å²) >= 11 is 4.90. The van der Waals surface area contributed by atoms with E-state index in [1.54, 1.807) is 11.3 Å². The van der Waals surface area contributed by atoms with Crippen LogP contribution >= 0.6 is 27.3 Å². The van der Waals surface area contributed by atoms with Crippen LogP contribution in [0.3, 0.4) is 0 Å². The number of thiazole rings is 1. The Hall–Kier alpha value is 0.0700. The van der Waals surface area contributed by atoms with Crippen LogP contribution in [0, 0.1) is 5.92 Å². The zero-order valence-corrected chi connectivity index (χ0v) is 11.3. The predicted molar refractivity (Wildman–Crippen MR) is 66.0 cm³/mol. The maximum Gasteiger partial charge on any atom is 0.126 e. The minimum Gasteiger partial charge on any atom is -0.383 e. The van der Waals surface area contributed by atoms with Crippen molar-refractivity contribution in [1.82, 2.24) is 4.98 Å². The van der Waals surface area contributed by atoms with Gasteiger partial charge in [0.1, 0.15) is 15.2 Å². The first-order valence-electron chi connectivity index (χ1n) is 5.48. The third-order valence-corrected chi connectivity index (χ3v) is 5.03. The van der Waals surface area contributed by atoms with E-state index >= 15 is 0 Å². The minimum absolute atomic E-state index is 0.657. The van der Waals surface area contributed by atoms with Gasteiger partial charge in [0, 0.05) is 5.38 Å². The van der Waals surface area contributed by atoms with Gasteiger partial charge in [-0.2, -0.15) is 0 Å². The first-order valence-corrected chi connectivity index (χ1v) is 7.15. The van der Waals surface area contributed by atoms with E-state index in [4.69, 9.17) is 0 Å². The first-order chi connectivity index (χ1) is 7.14. The van der Waals surface area contributed by atoms with Crippen LogP contribution in [0.25, 0.3) is 0 Å². The first kappa shape index (κ1) is 11.6. The molecule has 0 aromatic carbocycles. The number of aromatic nitrogens is 1. The molecule has 1 N–H and O–H groups in total. The Bertz CT molecular complexity index is 341. The van der Waals surface area contributed by atoms with E-state index < -0.39 is 5.60 Å². The second-order valence-electron chi connectivity index (χ2n) is 4.38. The third kappa shape index (κ3) is 2.43. The molecular formula is C11H16BrNOS. The Kier molecular flexibility index (Phi) is 3.48. The summed E-state index contributed by atoms with van der Waals surface area (Å²) in [6.07, 6.45) is 5.28. The molecule has 4 heteroatoms. The second-order valence-corrected chi connectivity index (χ2v) is 6.05. The second kappa shape index (κ2) is 4.52. The molecule has 1 aromatic heterocycles. The van der Waals surface area contributed by atoms with Gasteiger partial charge in [0.25, 0.3) is 0 Å². The summed E-state index contributed by atoms with van der Waals surface area (Å²) in [6, 6.07) is 0. The molecule has 0 amide bonds. The Balaban J connectivity index is 2.18. The monoisotopic (exact) mass is 289 g/mol. The molecule has 1 saturated carbocycles. The van der Waals surface area contributed by atoms with Gasteiger partial charge in [0.05, 0.1) is 0 Å². The van der Waals surface area contributed by atoms with Crippen molar-refractivity contribution in [2.45, 2.75) is 44.6 Å². The highest BCUT2D eigenvalue weighted by molar-refractivity contribution is 9.10. The van der Waals surface area contributed by atoms with E-state index in [9.17, 15) is 5.11 Å². The predicted octanol–water partition coefficient (Wildman–Crippen LogP) is 3.69. The van der Waals surface area contributed by atoms with Gasteiger partial charge < -0.3 is 5.11 Å². The molecule has 2 rings (SSSR count). The Labute approximate surface area is 103 Å². The number of nitrogens with zero attached hydrogens (tertiary/aromatic N) is 1. The summed E-state index contributed by atoms with van der Waals surface area (Å²) < 4.78 is 0.842. The molecule has 1 aromatic rings. The zero-order valence-electron chi connectivity index (χ0n) is 8.87. The van der Waals surface area contributed by atoms with Gasteiger partial charge in [-0.15, -0.1) is 11.3 Å². The topological polar surface area (TPSA) is 33.1 Å². The zero-order chi connectivity index (χ0) is 10.9. The lowest BCUT2D eigenvalue weighted by Gasteiger charge is -2.34. The Morgan fingerprint density at radius 2 is 2.53 bits per heavy atom.